The fourth-order valence-corrected chi connectivity index (χ4v) is 8.44. The Bertz CT molecular complexity index is 962. The highest BCUT2D eigenvalue weighted by atomic mass is 16.6. The van der Waals surface area contributed by atoms with Gasteiger partial charge in [-0.2, -0.15) is 0 Å². The second-order valence-electron chi connectivity index (χ2n) is 20.4. The van der Waals surface area contributed by atoms with E-state index >= 15 is 0 Å². The number of unbranched alkanes of at least 4 members (excludes halogenated alkanes) is 31. The monoisotopic (exact) mass is 877 g/mol. The van der Waals surface area contributed by atoms with Crippen LogP contribution in [0.3, 0.4) is 0 Å². The highest BCUT2D eigenvalue weighted by molar-refractivity contribution is 5.71. The molecule has 0 aromatic rings. The molecule has 0 bridgehead atoms. The Balaban J connectivity index is 4.29. The summed E-state index contributed by atoms with van der Waals surface area (Å²) in [7, 11) is 0. The first-order valence-electron chi connectivity index (χ1n) is 27.6. The van der Waals surface area contributed by atoms with Gasteiger partial charge >= 0.3 is 17.9 Å². The number of esters is 3. The topological polar surface area (TPSA) is 78.9 Å². The lowest BCUT2D eigenvalue weighted by Gasteiger charge is -2.18. The van der Waals surface area contributed by atoms with E-state index in [1.54, 1.807) is 0 Å². The van der Waals surface area contributed by atoms with Crippen molar-refractivity contribution in [2.45, 2.75) is 311 Å². The Labute approximate surface area is 387 Å². The summed E-state index contributed by atoms with van der Waals surface area (Å²) in [6.07, 6.45) is 48.0. The first-order valence-corrected chi connectivity index (χ1v) is 27.6. The molecule has 62 heavy (non-hydrogen) atoms. The zero-order valence-electron chi connectivity index (χ0n) is 42.7. The third-order valence-corrected chi connectivity index (χ3v) is 13.0. The minimum Gasteiger partial charge on any atom is -0.462 e. The number of carbonyl (C=O) groups is 3. The number of rotatable bonds is 49. The lowest BCUT2D eigenvalue weighted by atomic mass is 9.99. The maximum Gasteiger partial charge on any atom is 0.306 e. The molecule has 0 aromatic heterocycles. The number of hydrogen-bond donors (Lipinski definition) is 0. The van der Waals surface area contributed by atoms with Crippen molar-refractivity contribution in [3.8, 4) is 0 Å². The van der Waals surface area contributed by atoms with Gasteiger partial charge in [0.25, 0.3) is 0 Å². The van der Waals surface area contributed by atoms with Crippen molar-refractivity contribution < 1.29 is 28.6 Å². The molecule has 0 radical (unpaired) electrons. The Kier molecular flexibility index (Phi) is 46.2. The lowest BCUT2D eigenvalue weighted by Crippen LogP contribution is -2.30. The molecule has 368 valence electrons. The molecule has 0 aliphatic rings. The molecule has 0 fully saturated rings. The van der Waals surface area contributed by atoms with E-state index in [0.717, 1.165) is 75.5 Å². The Morgan fingerprint density at radius 2 is 0.565 bits per heavy atom. The molecule has 0 saturated heterocycles. The Morgan fingerprint density at radius 1 is 0.323 bits per heavy atom. The molecule has 0 rings (SSSR count). The van der Waals surface area contributed by atoms with E-state index in [4.69, 9.17) is 14.2 Å². The van der Waals surface area contributed by atoms with Crippen molar-refractivity contribution in [2.24, 2.45) is 17.8 Å². The van der Waals surface area contributed by atoms with Crippen LogP contribution in [0, 0.1) is 17.8 Å². The quantitative estimate of drug-likeness (QED) is 0.0344. The standard InChI is InChI=1S/C56H108O6/c1-7-52(6)44-38-32-26-22-23-28-34-40-46-55(58)61-49-53(62-56(59)47-41-35-29-21-17-13-15-19-25-31-37-43-51(4)5)48-60-54(57)45-39-33-27-20-16-12-10-8-9-11-14-18-24-30-36-42-50(2)3/h50-53H,7-49H2,1-6H3/t52?,53-/m0/s1. The first kappa shape index (κ1) is 60.4. The second-order valence-corrected chi connectivity index (χ2v) is 20.4. The van der Waals surface area contributed by atoms with E-state index in [-0.39, 0.29) is 31.1 Å². The zero-order chi connectivity index (χ0) is 45.6. The summed E-state index contributed by atoms with van der Waals surface area (Å²) in [5, 5.41) is 0. The van der Waals surface area contributed by atoms with Crippen LogP contribution < -0.4 is 0 Å². The molecule has 0 aromatic carbocycles. The van der Waals surface area contributed by atoms with Crippen molar-refractivity contribution in [3.05, 3.63) is 0 Å². The summed E-state index contributed by atoms with van der Waals surface area (Å²) in [6.45, 7) is 13.8. The molecule has 6 heteroatoms. The molecule has 0 spiro atoms. The highest BCUT2D eigenvalue weighted by Crippen LogP contribution is 2.18. The smallest absolute Gasteiger partial charge is 0.306 e. The number of carbonyl (C=O) groups excluding carboxylic acids is 3. The largest absolute Gasteiger partial charge is 0.462 e. The van der Waals surface area contributed by atoms with E-state index in [2.05, 4.69) is 41.5 Å². The van der Waals surface area contributed by atoms with Crippen LogP contribution in [0.2, 0.25) is 0 Å². The van der Waals surface area contributed by atoms with E-state index in [9.17, 15) is 14.4 Å². The van der Waals surface area contributed by atoms with Gasteiger partial charge in [-0.15, -0.1) is 0 Å². The molecule has 0 saturated carbocycles. The van der Waals surface area contributed by atoms with Gasteiger partial charge in [-0.25, -0.2) is 0 Å². The van der Waals surface area contributed by atoms with Crippen molar-refractivity contribution in [3.63, 3.8) is 0 Å². The molecule has 0 heterocycles. The summed E-state index contributed by atoms with van der Waals surface area (Å²) < 4.78 is 16.9. The average Bonchev–Trinajstić information content (AvgIpc) is 3.24. The summed E-state index contributed by atoms with van der Waals surface area (Å²) in [4.78, 5) is 38.0. The van der Waals surface area contributed by atoms with Gasteiger partial charge in [-0.05, 0) is 37.0 Å². The fraction of sp³-hybridized carbons (Fsp3) is 0.946. The van der Waals surface area contributed by atoms with Gasteiger partial charge in [0.15, 0.2) is 6.10 Å². The van der Waals surface area contributed by atoms with E-state index in [1.807, 2.05) is 0 Å². The maximum atomic E-state index is 12.8. The number of hydrogen-bond acceptors (Lipinski definition) is 6. The third kappa shape index (κ3) is 47.9. The van der Waals surface area contributed by atoms with Crippen LogP contribution in [0.25, 0.3) is 0 Å². The van der Waals surface area contributed by atoms with Crippen molar-refractivity contribution in [2.75, 3.05) is 13.2 Å². The molecule has 2 atom stereocenters. The van der Waals surface area contributed by atoms with Crippen LogP contribution in [0.1, 0.15) is 305 Å². The lowest BCUT2D eigenvalue weighted by molar-refractivity contribution is -0.167. The summed E-state index contributed by atoms with van der Waals surface area (Å²) in [5.41, 5.74) is 0. The van der Waals surface area contributed by atoms with E-state index in [1.165, 1.54) is 186 Å². The van der Waals surface area contributed by atoms with Crippen LogP contribution in [-0.2, 0) is 28.6 Å². The normalized spacial score (nSPS) is 12.6. The Morgan fingerprint density at radius 3 is 0.839 bits per heavy atom. The molecule has 6 nitrogen and oxygen atoms in total. The molecular formula is C56H108O6. The molecule has 0 amide bonds. The van der Waals surface area contributed by atoms with E-state index < -0.39 is 6.10 Å². The predicted octanol–water partition coefficient (Wildman–Crippen LogP) is 17.9. The van der Waals surface area contributed by atoms with Crippen LogP contribution >= 0.6 is 0 Å². The zero-order valence-corrected chi connectivity index (χ0v) is 42.7. The maximum absolute atomic E-state index is 12.8. The van der Waals surface area contributed by atoms with Gasteiger partial charge in [-0.1, -0.05) is 266 Å². The van der Waals surface area contributed by atoms with E-state index in [0.29, 0.717) is 19.3 Å². The van der Waals surface area contributed by atoms with Gasteiger partial charge in [-0.3, -0.25) is 14.4 Å². The van der Waals surface area contributed by atoms with Gasteiger partial charge in [0.05, 0.1) is 0 Å². The minimum absolute atomic E-state index is 0.0643. The van der Waals surface area contributed by atoms with Gasteiger partial charge in [0.1, 0.15) is 13.2 Å². The Hall–Kier alpha value is -1.59. The van der Waals surface area contributed by atoms with Gasteiger partial charge in [0, 0.05) is 19.3 Å². The van der Waals surface area contributed by atoms with Crippen LogP contribution in [0.4, 0.5) is 0 Å². The molecule has 0 N–H and O–H groups in total. The summed E-state index contributed by atoms with van der Waals surface area (Å²) in [5.74, 6) is 1.67. The molecule has 0 aliphatic heterocycles. The predicted molar refractivity (Wildman–Crippen MR) is 266 cm³/mol. The van der Waals surface area contributed by atoms with Crippen LogP contribution in [0.15, 0.2) is 0 Å². The average molecular weight is 877 g/mol. The molecule has 0 aliphatic carbocycles. The van der Waals surface area contributed by atoms with Crippen molar-refractivity contribution in [1.29, 1.82) is 0 Å². The fourth-order valence-electron chi connectivity index (χ4n) is 8.44. The third-order valence-electron chi connectivity index (χ3n) is 13.0. The first-order chi connectivity index (χ1) is 30.1. The van der Waals surface area contributed by atoms with Gasteiger partial charge in [0.2, 0.25) is 0 Å². The highest BCUT2D eigenvalue weighted by Gasteiger charge is 2.19. The van der Waals surface area contributed by atoms with Gasteiger partial charge < -0.3 is 14.2 Å². The molecular weight excluding hydrogens is 769 g/mol. The van der Waals surface area contributed by atoms with Crippen LogP contribution in [-0.4, -0.2) is 37.2 Å². The summed E-state index contributed by atoms with van der Waals surface area (Å²) in [6, 6.07) is 0. The minimum atomic E-state index is -0.763. The van der Waals surface area contributed by atoms with Crippen molar-refractivity contribution in [1.82, 2.24) is 0 Å². The summed E-state index contributed by atoms with van der Waals surface area (Å²) >= 11 is 0. The second kappa shape index (κ2) is 47.4. The molecule has 1 unspecified atom stereocenters. The SMILES string of the molecule is CCC(C)CCCCCCCCCCC(=O)OC[C@H](COC(=O)CCCCCCCCCCCCCCCCCC(C)C)OC(=O)CCCCCCCCCCCCCC(C)C. The van der Waals surface area contributed by atoms with Crippen LogP contribution in [0.5, 0.6) is 0 Å². The number of ether oxygens (including phenoxy) is 3. The van der Waals surface area contributed by atoms with Crippen molar-refractivity contribution >= 4 is 17.9 Å².